The highest BCUT2D eigenvalue weighted by Gasteiger charge is 2.37. The molecule has 0 fully saturated rings. The fourth-order valence-corrected chi connectivity index (χ4v) is 5.55. The van der Waals surface area contributed by atoms with Gasteiger partial charge in [-0.25, -0.2) is 5.01 Å². The highest BCUT2D eigenvalue weighted by atomic mass is 35.5. The molecule has 0 spiro atoms. The molecular formula is C30H22ClN3O2S. The summed E-state index contributed by atoms with van der Waals surface area (Å²) >= 11 is 7.29. The molecule has 7 heteroatoms. The monoisotopic (exact) mass is 523 g/mol. The average molecular weight is 524 g/mol. The van der Waals surface area contributed by atoms with Gasteiger partial charge in [-0.2, -0.15) is 10.1 Å². The van der Waals surface area contributed by atoms with E-state index in [0.717, 1.165) is 50.2 Å². The van der Waals surface area contributed by atoms with E-state index in [2.05, 4.69) is 35.3 Å². The standard InChI is InChI=1S/C30H22ClN3O2S/c1-36-27-9-5-4-8-23(27)17-28-29(32-30(35)37-28)34-26(20-12-14-24(31)15-13-20)18-25(33-34)22-11-10-19-6-2-3-7-21(19)16-22/h2-17,26H,18H2,1H3/b28-17-. The lowest BCUT2D eigenvalue weighted by Crippen LogP contribution is -2.26. The van der Waals surface area contributed by atoms with Gasteiger partial charge in [-0.15, -0.1) is 0 Å². The van der Waals surface area contributed by atoms with Crippen molar-refractivity contribution >= 4 is 57.0 Å². The van der Waals surface area contributed by atoms with E-state index in [9.17, 15) is 4.79 Å². The molecule has 5 nitrogen and oxygen atoms in total. The summed E-state index contributed by atoms with van der Waals surface area (Å²) in [4.78, 5) is 17.7. The van der Waals surface area contributed by atoms with Crippen LogP contribution in [0.4, 0.5) is 4.79 Å². The van der Waals surface area contributed by atoms with Gasteiger partial charge < -0.3 is 4.74 Å². The molecule has 0 aliphatic carbocycles. The molecule has 0 saturated heterocycles. The minimum absolute atomic E-state index is 0.134. The molecule has 0 radical (unpaired) electrons. The smallest absolute Gasteiger partial charge is 0.311 e. The molecule has 1 unspecified atom stereocenters. The van der Waals surface area contributed by atoms with Gasteiger partial charge in [0.05, 0.1) is 23.8 Å². The van der Waals surface area contributed by atoms with Crippen LogP contribution in [0.5, 0.6) is 5.75 Å². The molecule has 4 aromatic rings. The normalized spacial score (nSPS) is 18.4. The van der Waals surface area contributed by atoms with Crippen molar-refractivity contribution in [1.29, 1.82) is 0 Å². The van der Waals surface area contributed by atoms with Gasteiger partial charge in [0.1, 0.15) is 5.75 Å². The number of hydrogen-bond donors (Lipinski definition) is 0. The number of amidine groups is 1. The number of methoxy groups -OCH3 is 1. The van der Waals surface area contributed by atoms with Crippen LogP contribution in [-0.2, 0) is 0 Å². The first-order chi connectivity index (χ1) is 18.1. The van der Waals surface area contributed by atoms with Gasteiger partial charge in [0, 0.05) is 17.0 Å². The maximum absolute atomic E-state index is 12.6. The SMILES string of the molecule is COc1ccccc1/C=C1\SC(=O)N=C1N1N=C(c2ccc3ccccc3c2)CC1c1ccc(Cl)cc1. The molecule has 1 amide bonds. The lowest BCUT2D eigenvalue weighted by molar-refractivity contribution is 0.267. The fraction of sp³-hybridized carbons (Fsp3) is 0.100. The molecule has 182 valence electrons. The Kier molecular flexibility index (Phi) is 6.28. The Bertz CT molecular complexity index is 1610. The number of fused-ring (bicyclic) bond motifs is 1. The van der Waals surface area contributed by atoms with Crippen LogP contribution in [0, 0.1) is 0 Å². The van der Waals surface area contributed by atoms with E-state index in [4.69, 9.17) is 21.4 Å². The van der Waals surface area contributed by atoms with Gasteiger partial charge in [-0.3, -0.25) is 4.79 Å². The molecule has 6 rings (SSSR count). The number of halogens is 1. The summed E-state index contributed by atoms with van der Waals surface area (Å²) < 4.78 is 5.52. The van der Waals surface area contributed by atoms with E-state index in [-0.39, 0.29) is 11.3 Å². The number of benzene rings is 4. The Morgan fingerprint density at radius 1 is 0.973 bits per heavy atom. The molecule has 0 bridgehead atoms. The molecule has 0 N–H and O–H groups in total. The first-order valence-corrected chi connectivity index (χ1v) is 13.1. The Hall–Kier alpha value is -3.87. The van der Waals surface area contributed by atoms with Gasteiger partial charge in [-0.05, 0) is 64.0 Å². The van der Waals surface area contributed by atoms with Gasteiger partial charge in [0.15, 0.2) is 5.84 Å². The van der Waals surface area contributed by atoms with Crippen LogP contribution >= 0.6 is 23.4 Å². The third kappa shape index (κ3) is 4.66. The summed E-state index contributed by atoms with van der Waals surface area (Å²) in [6.07, 6.45) is 2.61. The van der Waals surface area contributed by atoms with Crippen molar-refractivity contribution in [3.05, 3.63) is 118 Å². The zero-order chi connectivity index (χ0) is 25.4. The Morgan fingerprint density at radius 3 is 2.54 bits per heavy atom. The van der Waals surface area contributed by atoms with Crippen molar-refractivity contribution in [2.45, 2.75) is 12.5 Å². The van der Waals surface area contributed by atoms with Crippen LogP contribution in [0.1, 0.15) is 29.2 Å². The molecule has 0 aromatic heterocycles. The van der Waals surface area contributed by atoms with Gasteiger partial charge >= 0.3 is 5.24 Å². The number of hydrogen-bond acceptors (Lipinski definition) is 5. The van der Waals surface area contributed by atoms with Gasteiger partial charge in [0.2, 0.25) is 0 Å². The summed E-state index contributed by atoms with van der Waals surface area (Å²) in [7, 11) is 1.64. The predicted octanol–water partition coefficient (Wildman–Crippen LogP) is 7.96. The lowest BCUT2D eigenvalue weighted by atomic mass is 9.97. The van der Waals surface area contributed by atoms with E-state index < -0.39 is 0 Å². The molecule has 2 aliphatic rings. The molecule has 4 aromatic carbocycles. The van der Waals surface area contributed by atoms with E-state index in [1.54, 1.807) is 7.11 Å². The molecule has 2 aliphatic heterocycles. The number of carbonyl (C=O) groups is 1. The topological polar surface area (TPSA) is 54.3 Å². The van der Waals surface area contributed by atoms with Crippen molar-refractivity contribution in [3.8, 4) is 5.75 Å². The quantitative estimate of drug-likeness (QED) is 0.272. The van der Waals surface area contributed by atoms with E-state index in [1.165, 1.54) is 5.39 Å². The summed E-state index contributed by atoms with van der Waals surface area (Å²) in [5.41, 5.74) is 3.91. The number of thioether (sulfide) groups is 1. The second-order valence-electron chi connectivity index (χ2n) is 8.78. The molecule has 2 heterocycles. The van der Waals surface area contributed by atoms with Crippen molar-refractivity contribution in [2.75, 3.05) is 7.11 Å². The lowest BCUT2D eigenvalue weighted by Gasteiger charge is -2.24. The fourth-order valence-electron chi connectivity index (χ4n) is 4.68. The predicted molar refractivity (Wildman–Crippen MR) is 153 cm³/mol. The number of hydrazone groups is 1. The van der Waals surface area contributed by atoms with E-state index >= 15 is 0 Å². The number of rotatable bonds is 4. The summed E-state index contributed by atoms with van der Waals surface area (Å²) in [6, 6.07) is 30.0. The Morgan fingerprint density at radius 2 is 1.73 bits per heavy atom. The number of para-hydroxylation sites is 1. The number of ether oxygens (including phenoxy) is 1. The number of aliphatic imine (C=N–C) groups is 1. The maximum atomic E-state index is 12.6. The average Bonchev–Trinajstić information content (AvgIpc) is 3.52. The first kappa shape index (κ1) is 23.5. The van der Waals surface area contributed by atoms with Crippen molar-refractivity contribution in [1.82, 2.24) is 5.01 Å². The van der Waals surface area contributed by atoms with Crippen LogP contribution < -0.4 is 4.74 Å². The van der Waals surface area contributed by atoms with Crippen LogP contribution in [0.3, 0.4) is 0 Å². The van der Waals surface area contributed by atoms with Crippen LogP contribution in [0.2, 0.25) is 5.02 Å². The summed E-state index contributed by atoms with van der Waals surface area (Å²) in [5, 5.41) is 9.67. The highest BCUT2D eigenvalue weighted by molar-refractivity contribution is 8.18. The second kappa shape index (κ2) is 9.88. The third-order valence-electron chi connectivity index (χ3n) is 6.51. The molecular weight excluding hydrogens is 502 g/mol. The van der Waals surface area contributed by atoms with Gasteiger partial charge in [0.25, 0.3) is 0 Å². The van der Waals surface area contributed by atoms with Crippen LogP contribution in [0.15, 0.2) is 106 Å². The number of carbonyl (C=O) groups excluding carboxylic acids is 1. The van der Waals surface area contributed by atoms with Crippen molar-refractivity contribution in [2.24, 2.45) is 10.1 Å². The largest absolute Gasteiger partial charge is 0.496 e. The Balaban J connectivity index is 1.44. The number of amides is 1. The zero-order valence-corrected chi connectivity index (χ0v) is 21.5. The van der Waals surface area contributed by atoms with Crippen molar-refractivity contribution in [3.63, 3.8) is 0 Å². The first-order valence-electron chi connectivity index (χ1n) is 11.9. The summed E-state index contributed by atoms with van der Waals surface area (Å²) in [6.45, 7) is 0. The number of nitrogens with zero attached hydrogens (tertiary/aromatic N) is 3. The van der Waals surface area contributed by atoms with Crippen molar-refractivity contribution < 1.29 is 9.53 Å². The zero-order valence-electron chi connectivity index (χ0n) is 20.0. The van der Waals surface area contributed by atoms with Crippen LogP contribution in [0.25, 0.3) is 16.8 Å². The minimum Gasteiger partial charge on any atom is -0.496 e. The second-order valence-corrected chi connectivity index (χ2v) is 10.2. The molecule has 1 atom stereocenters. The molecule has 0 saturated carbocycles. The van der Waals surface area contributed by atoms with Crippen LogP contribution in [-0.4, -0.2) is 28.9 Å². The van der Waals surface area contributed by atoms with Gasteiger partial charge in [-0.1, -0.05) is 78.3 Å². The Labute approximate surface area is 224 Å². The molecule has 37 heavy (non-hydrogen) atoms. The maximum Gasteiger partial charge on any atom is 0.311 e. The third-order valence-corrected chi connectivity index (χ3v) is 7.54. The summed E-state index contributed by atoms with van der Waals surface area (Å²) in [5.74, 6) is 1.27. The van der Waals surface area contributed by atoms with E-state index in [0.29, 0.717) is 17.3 Å². The highest BCUT2D eigenvalue weighted by Crippen LogP contribution is 2.40. The minimum atomic E-state index is -0.264. The van der Waals surface area contributed by atoms with E-state index in [1.807, 2.05) is 71.7 Å².